The Morgan fingerprint density at radius 2 is 1.65 bits per heavy atom. The lowest BCUT2D eigenvalue weighted by atomic mass is 10.0. The Bertz CT molecular complexity index is 650. The van der Waals surface area contributed by atoms with E-state index < -0.39 is 12.0 Å². The first-order valence-corrected chi connectivity index (χ1v) is 7.55. The predicted octanol–water partition coefficient (Wildman–Crippen LogP) is 2.44. The van der Waals surface area contributed by atoms with Gasteiger partial charge in [0.05, 0.1) is 13.5 Å². The van der Waals surface area contributed by atoms with Crippen LogP contribution in [0.1, 0.15) is 16.7 Å². The second-order valence-electron chi connectivity index (χ2n) is 5.50. The van der Waals surface area contributed by atoms with E-state index >= 15 is 0 Å². The van der Waals surface area contributed by atoms with E-state index in [1.54, 1.807) is 0 Å². The molecule has 120 valence electrons. The van der Waals surface area contributed by atoms with Gasteiger partial charge < -0.3 is 10.1 Å². The summed E-state index contributed by atoms with van der Waals surface area (Å²) in [6, 6.07) is 16.6. The Balaban J connectivity index is 2.00. The van der Waals surface area contributed by atoms with Gasteiger partial charge in [-0.25, -0.2) is 4.79 Å². The molecule has 4 nitrogen and oxygen atoms in total. The summed E-state index contributed by atoms with van der Waals surface area (Å²) in [4.78, 5) is 24.1. The molecule has 0 radical (unpaired) electrons. The second kappa shape index (κ2) is 8.13. The first kappa shape index (κ1) is 16.7. The zero-order valence-electron chi connectivity index (χ0n) is 13.4. The van der Waals surface area contributed by atoms with Crippen LogP contribution in [0.4, 0.5) is 0 Å². The molecule has 2 rings (SSSR count). The van der Waals surface area contributed by atoms with Crippen molar-refractivity contribution in [3.63, 3.8) is 0 Å². The van der Waals surface area contributed by atoms with Gasteiger partial charge in [-0.05, 0) is 18.1 Å². The van der Waals surface area contributed by atoms with E-state index in [4.69, 9.17) is 4.74 Å². The van der Waals surface area contributed by atoms with Gasteiger partial charge in [-0.2, -0.15) is 0 Å². The topological polar surface area (TPSA) is 55.4 Å². The number of rotatable bonds is 6. The van der Waals surface area contributed by atoms with Crippen LogP contribution in [0.3, 0.4) is 0 Å². The number of nitrogens with one attached hydrogen (secondary N) is 1. The van der Waals surface area contributed by atoms with Crippen molar-refractivity contribution < 1.29 is 14.3 Å². The fraction of sp³-hybridized carbons (Fsp3) is 0.263. The fourth-order valence-corrected chi connectivity index (χ4v) is 2.32. The van der Waals surface area contributed by atoms with Gasteiger partial charge in [-0.3, -0.25) is 4.79 Å². The average Bonchev–Trinajstić information content (AvgIpc) is 2.56. The molecular weight excluding hydrogens is 290 g/mol. The monoisotopic (exact) mass is 311 g/mol. The van der Waals surface area contributed by atoms with Crippen molar-refractivity contribution in [1.29, 1.82) is 0 Å². The second-order valence-corrected chi connectivity index (χ2v) is 5.50. The summed E-state index contributed by atoms with van der Waals surface area (Å²) in [5.41, 5.74) is 3.03. The summed E-state index contributed by atoms with van der Waals surface area (Å²) >= 11 is 0. The molecule has 0 aliphatic carbocycles. The molecule has 1 amide bonds. The molecule has 0 fully saturated rings. The Kier molecular flexibility index (Phi) is 5.92. The first-order chi connectivity index (χ1) is 11.1. The van der Waals surface area contributed by atoms with E-state index in [0.29, 0.717) is 6.42 Å². The maximum absolute atomic E-state index is 12.2. The molecule has 4 heteroatoms. The van der Waals surface area contributed by atoms with Crippen molar-refractivity contribution in [2.75, 3.05) is 7.11 Å². The highest BCUT2D eigenvalue weighted by molar-refractivity contribution is 5.85. The minimum Gasteiger partial charge on any atom is -0.467 e. The van der Waals surface area contributed by atoms with E-state index in [1.165, 1.54) is 7.11 Å². The smallest absolute Gasteiger partial charge is 0.328 e. The van der Waals surface area contributed by atoms with Crippen LogP contribution < -0.4 is 5.32 Å². The maximum Gasteiger partial charge on any atom is 0.328 e. The van der Waals surface area contributed by atoms with Gasteiger partial charge in [0.25, 0.3) is 0 Å². The molecule has 1 N–H and O–H groups in total. The number of benzene rings is 2. The Morgan fingerprint density at radius 3 is 2.26 bits per heavy atom. The van der Waals surface area contributed by atoms with Crippen molar-refractivity contribution in [2.24, 2.45) is 0 Å². The number of methoxy groups -OCH3 is 1. The number of ether oxygens (including phenoxy) is 1. The van der Waals surface area contributed by atoms with Gasteiger partial charge in [0, 0.05) is 6.42 Å². The highest BCUT2D eigenvalue weighted by Crippen LogP contribution is 2.07. The predicted molar refractivity (Wildman–Crippen MR) is 89.0 cm³/mol. The number of hydrogen-bond acceptors (Lipinski definition) is 3. The fourth-order valence-electron chi connectivity index (χ4n) is 2.32. The molecule has 2 aromatic carbocycles. The molecule has 0 bridgehead atoms. The van der Waals surface area contributed by atoms with Crippen molar-refractivity contribution >= 4 is 11.9 Å². The number of hydrogen-bond donors (Lipinski definition) is 1. The minimum atomic E-state index is -0.680. The summed E-state index contributed by atoms with van der Waals surface area (Å²) in [6.45, 7) is 2.00. The molecule has 0 saturated carbocycles. The number of amides is 1. The van der Waals surface area contributed by atoms with Gasteiger partial charge in [0.2, 0.25) is 5.91 Å². The largest absolute Gasteiger partial charge is 0.467 e. The molecule has 0 aliphatic rings. The summed E-state index contributed by atoms with van der Waals surface area (Å²) in [5.74, 6) is -0.633. The molecule has 0 spiro atoms. The van der Waals surface area contributed by atoms with Crippen LogP contribution in [0.2, 0.25) is 0 Å². The van der Waals surface area contributed by atoms with E-state index in [9.17, 15) is 9.59 Å². The quantitative estimate of drug-likeness (QED) is 0.834. The normalized spacial score (nSPS) is 11.6. The van der Waals surface area contributed by atoms with E-state index in [-0.39, 0.29) is 12.3 Å². The zero-order chi connectivity index (χ0) is 16.7. The number of esters is 1. The zero-order valence-corrected chi connectivity index (χ0v) is 13.4. The van der Waals surface area contributed by atoms with E-state index in [0.717, 1.165) is 16.7 Å². The van der Waals surface area contributed by atoms with E-state index in [2.05, 4.69) is 5.32 Å². The summed E-state index contributed by atoms with van der Waals surface area (Å²) in [6.07, 6.45) is 0.649. The third kappa shape index (κ3) is 5.25. The Hall–Kier alpha value is -2.62. The van der Waals surface area contributed by atoms with Gasteiger partial charge >= 0.3 is 5.97 Å². The van der Waals surface area contributed by atoms with Crippen molar-refractivity contribution in [3.05, 3.63) is 71.3 Å². The molecule has 0 saturated heterocycles. The SMILES string of the molecule is COC(=O)C(Cc1ccccc1)NC(=O)Cc1ccc(C)cc1. The first-order valence-electron chi connectivity index (χ1n) is 7.55. The Labute approximate surface area is 136 Å². The highest BCUT2D eigenvalue weighted by Gasteiger charge is 2.21. The summed E-state index contributed by atoms with van der Waals surface area (Å²) < 4.78 is 4.80. The number of carbonyl (C=O) groups excluding carboxylic acids is 2. The van der Waals surface area contributed by atoms with Crippen molar-refractivity contribution in [2.45, 2.75) is 25.8 Å². The van der Waals surface area contributed by atoms with E-state index in [1.807, 2.05) is 61.5 Å². The van der Waals surface area contributed by atoms with Crippen LogP contribution in [0, 0.1) is 6.92 Å². The number of carbonyl (C=O) groups is 2. The third-order valence-corrected chi connectivity index (χ3v) is 3.59. The molecule has 0 heterocycles. The lowest BCUT2D eigenvalue weighted by Crippen LogP contribution is -2.43. The molecule has 0 aliphatic heterocycles. The van der Waals surface area contributed by atoms with Crippen LogP contribution in [0.5, 0.6) is 0 Å². The van der Waals surface area contributed by atoms with Crippen molar-refractivity contribution in [3.8, 4) is 0 Å². The number of aryl methyl sites for hydroxylation is 1. The summed E-state index contributed by atoms with van der Waals surface area (Å²) in [7, 11) is 1.33. The highest BCUT2D eigenvalue weighted by atomic mass is 16.5. The van der Waals surface area contributed by atoms with Gasteiger partial charge in [-0.15, -0.1) is 0 Å². The van der Waals surface area contributed by atoms with Gasteiger partial charge in [0.15, 0.2) is 0 Å². The van der Waals surface area contributed by atoms with Gasteiger partial charge in [-0.1, -0.05) is 60.2 Å². The molecule has 23 heavy (non-hydrogen) atoms. The molecular formula is C19H21NO3. The molecule has 1 atom stereocenters. The van der Waals surface area contributed by atoms with Crippen LogP contribution >= 0.6 is 0 Å². The van der Waals surface area contributed by atoms with Crippen LogP contribution in [-0.2, 0) is 27.2 Å². The van der Waals surface area contributed by atoms with Crippen LogP contribution in [-0.4, -0.2) is 25.0 Å². The Morgan fingerprint density at radius 1 is 1.00 bits per heavy atom. The molecule has 0 aromatic heterocycles. The van der Waals surface area contributed by atoms with Crippen molar-refractivity contribution in [1.82, 2.24) is 5.32 Å². The van der Waals surface area contributed by atoms with Gasteiger partial charge in [0.1, 0.15) is 6.04 Å². The summed E-state index contributed by atoms with van der Waals surface area (Å²) in [5, 5.41) is 2.77. The molecule has 2 aromatic rings. The van der Waals surface area contributed by atoms with Crippen LogP contribution in [0.15, 0.2) is 54.6 Å². The lowest BCUT2D eigenvalue weighted by molar-refractivity contribution is -0.145. The van der Waals surface area contributed by atoms with Crippen LogP contribution in [0.25, 0.3) is 0 Å². The maximum atomic E-state index is 12.2. The third-order valence-electron chi connectivity index (χ3n) is 3.59. The standard InChI is InChI=1S/C19H21NO3/c1-14-8-10-16(11-9-14)13-18(21)20-17(19(22)23-2)12-15-6-4-3-5-7-15/h3-11,17H,12-13H2,1-2H3,(H,20,21). The molecule has 1 unspecified atom stereocenters. The minimum absolute atomic E-state index is 0.194. The average molecular weight is 311 g/mol. The lowest BCUT2D eigenvalue weighted by Gasteiger charge is -2.16.